The number of ether oxygens (including phenoxy) is 1. The highest BCUT2D eigenvalue weighted by atomic mass is 16.5. The quantitative estimate of drug-likeness (QED) is 0.334. The number of phenolic OH excluding ortho intramolecular Hbond substituents is 1. The van der Waals surface area contributed by atoms with Crippen molar-refractivity contribution in [3.8, 4) is 22.8 Å². The Morgan fingerprint density at radius 1 is 1.07 bits per heavy atom. The highest BCUT2D eigenvalue weighted by molar-refractivity contribution is 5.99. The minimum Gasteiger partial charge on any atom is -0.504 e. The lowest BCUT2D eigenvalue weighted by molar-refractivity contribution is 0.134. The second-order valence-corrected chi connectivity index (χ2v) is 11.0. The van der Waals surface area contributed by atoms with E-state index in [0.717, 1.165) is 16.7 Å². The molecule has 41 heavy (non-hydrogen) atoms. The van der Waals surface area contributed by atoms with Crippen molar-refractivity contribution in [3.05, 3.63) is 88.5 Å². The van der Waals surface area contributed by atoms with E-state index >= 15 is 0 Å². The average Bonchev–Trinajstić information content (AvgIpc) is 3.66. The van der Waals surface area contributed by atoms with Crippen LogP contribution in [0.2, 0.25) is 0 Å². The third-order valence-corrected chi connectivity index (χ3v) is 7.66. The Labute approximate surface area is 234 Å². The lowest BCUT2D eigenvalue weighted by Crippen LogP contribution is -2.32. The Morgan fingerprint density at radius 2 is 1.85 bits per heavy atom. The Bertz CT molecular complexity index is 2060. The van der Waals surface area contributed by atoms with Gasteiger partial charge in [0.2, 0.25) is 0 Å². The van der Waals surface area contributed by atoms with E-state index in [2.05, 4.69) is 9.97 Å². The first-order chi connectivity index (χ1) is 19.6. The first-order valence-electron chi connectivity index (χ1n) is 13.3. The van der Waals surface area contributed by atoms with Crippen molar-refractivity contribution in [2.24, 2.45) is 0 Å². The molecule has 11 heteroatoms. The molecule has 0 aliphatic carbocycles. The van der Waals surface area contributed by atoms with Gasteiger partial charge in [0.15, 0.2) is 23.0 Å². The largest absolute Gasteiger partial charge is 0.504 e. The number of fused-ring (bicyclic) bond motifs is 3. The summed E-state index contributed by atoms with van der Waals surface area (Å²) in [7, 11) is 0. The molecule has 0 saturated carbocycles. The van der Waals surface area contributed by atoms with Crippen molar-refractivity contribution in [1.82, 2.24) is 34.1 Å². The summed E-state index contributed by atoms with van der Waals surface area (Å²) < 4.78 is 11.1. The molecule has 1 aliphatic rings. The molecule has 0 amide bonds. The van der Waals surface area contributed by atoms with Crippen molar-refractivity contribution in [2.75, 3.05) is 5.73 Å². The number of phenols is 1. The molecule has 5 heterocycles. The number of nitrogens with zero attached hydrogens (tertiary/aromatic N) is 7. The normalized spacial score (nSPS) is 14.8. The molecule has 0 saturated heterocycles. The van der Waals surface area contributed by atoms with Gasteiger partial charge in [-0.1, -0.05) is 12.1 Å². The standard InChI is InChI=1S/C30H28N8O3/c1-16-8-7-9-20-22(16)29(40)38(36-12-5-6-13-36)27(34-20)17(2)37-28-23(26(31)32-15-33-28)24(35-37)18-10-11-21(39)25-19(18)14-30(3,4)41-25/h5-13,15,17,39H,14H2,1-4H3,(H2,31,32,33). The lowest BCUT2D eigenvalue weighted by atomic mass is 9.95. The van der Waals surface area contributed by atoms with E-state index in [-0.39, 0.29) is 17.1 Å². The zero-order valence-corrected chi connectivity index (χ0v) is 23.0. The van der Waals surface area contributed by atoms with Crippen LogP contribution in [-0.4, -0.2) is 44.8 Å². The second-order valence-electron chi connectivity index (χ2n) is 11.0. The van der Waals surface area contributed by atoms with Crippen LogP contribution in [0.3, 0.4) is 0 Å². The monoisotopic (exact) mass is 548 g/mol. The maximum absolute atomic E-state index is 14.0. The van der Waals surface area contributed by atoms with Gasteiger partial charge in [0.1, 0.15) is 29.5 Å². The fourth-order valence-electron chi connectivity index (χ4n) is 5.78. The fourth-order valence-corrected chi connectivity index (χ4v) is 5.78. The second kappa shape index (κ2) is 8.65. The third-order valence-electron chi connectivity index (χ3n) is 7.66. The van der Waals surface area contributed by atoms with Crippen LogP contribution in [0.25, 0.3) is 33.2 Å². The number of aromatic nitrogens is 7. The molecule has 0 fully saturated rings. The van der Waals surface area contributed by atoms with Crippen molar-refractivity contribution in [3.63, 3.8) is 0 Å². The Morgan fingerprint density at radius 3 is 2.63 bits per heavy atom. The Hall–Kier alpha value is -5.19. The molecule has 2 aromatic carbocycles. The highest BCUT2D eigenvalue weighted by Gasteiger charge is 2.36. The summed E-state index contributed by atoms with van der Waals surface area (Å²) in [6.45, 7) is 7.77. The molecule has 1 unspecified atom stereocenters. The van der Waals surface area contributed by atoms with Crippen molar-refractivity contribution in [1.29, 1.82) is 0 Å². The Kier molecular flexibility index (Phi) is 5.24. The average molecular weight is 549 g/mol. The van der Waals surface area contributed by atoms with Crippen LogP contribution in [0.5, 0.6) is 11.5 Å². The predicted octanol–water partition coefficient (Wildman–Crippen LogP) is 4.24. The molecule has 11 nitrogen and oxygen atoms in total. The van der Waals surface area contributed by atoms with E-state index in [9.17, 15) is 9.90 Å². The molecule has 6 aromatic rings. The molecule has 7 rings (SSSR count). The summed E-state index contributed by atoms with van der Waals surface area (Å²) in [5.41, 5.74) is 9.86. The molecule has 4 aromatic heterocycles. The number of aryl methyl sites for hydroxylation is 1. The number of benzene rings is 2. The molecular weight excluding hydrogens is 520 g/mol. The molecule has 0 spiro atoms. The topological polar surface area (TPSA) is 139 Å². The maximum atomic E-state index is 14.0. The van der Waals surface area contributed by atoms with Gasteiger partial charge in [-0.05, 0) is 63.6 Å². The van der Waals surface area contributed by atoms with Gasteiger partial charge in [0.05, 0.1) is 16.3 Å². The number of nitrogens with two attached hydrogens (primary N) is 1. The number of hydrogen-bond acceptors (Lipinski definition) is 8. The number of anilines is 1. The van der Waals surface area contributed by atoms with Crippen LogP contribution in [0.4, 0.5) is 5.82 Å². The van der Waals surface area contributed by atoms with E-state index in [1.165, 1.54) is 6.33 Å². The highest BCUT2D eigenvalue weighted by Crippen LogP contribution is 2.47. The molecule has 3 N–H and O–H groups in total. The zero-order chi connectivity index (χ0) is 28.6. The van der Waals surface area contributed by atoms with Crippen LogP contribution in [0, 0.1) is 6.92 Å². The summed E-state index contributed by atoms with van der Waals surface area (Å²) in [6.07, 6.45) is 5.58. The first kappa shape index (κ1) is 24.8. The van der Waals surface area contributed by atoms with Crippen molar-refractivity contribution in [2.45, 2.75) is 45.8 Å². The van der Waals surface area contributed by atoms with Gasteiger partial charge < -0.3 is 15.6 Å². The van der Waals surface area contributed by atoms with E-state index in [1.807, 2.05) is 64.1 Å². The van der Waals surface area contributed by atoms with Crippen molar-refractivity contribution < 1.29 is 9.84 Å². The summed E-state index contributed by atoms with van der Waals surface area (Å²) in [5.74, 6) is 1.25. The molecule has 0 radical (unpaired) electrons. The van der Waals surface area contributed by atoms with Gasteiger partial charge in [-0.25, -0.2) is 19.6 Å². The van der Waals surface area contributed by atoms with Gasteiger partial charge >= 0.3 is 0 Å². The summed E-state index contributed by atoms with van der Waals surface area (Å²) >= 11 is 0. The van der Waals surface area contributed by atoms with Gasteiger partial charge in [-0.15, -0.1) is 0 Å². The van der Waals surface area contributed by atoms with Crippen LogP contribution < -0.4 is 16.0 Å². The fraction of sp³-hybridized carbons (Fsp3) is 0.233. The van der Waals surface area contributed by atoms with E-state index < -0.39 is 11.6 Å². The molecule has 206 valence electrons. The lowest BCUT2D eigenvalue weighted by Gasteiger charge is -2.20. The number of hydrogen-bond donors (Lipinski definition) is 2. The van der Waals surface area contributed by atoms with Crippen LogP contribution in [0.15, 0.2) is 66.0 Å². The maximum Gasteiger partial charge on any atom is 0.281 e. The van der Waals surface area contributed by atoms with Crippen LogP contribution >= 0.6 is 0 Å². The summed E-state index contributed by atoms with van der Waals surface area (Å²) in [4.78, 5) is 27.8. The molecule has 1 atom stereocenters. The minimum atomic E-state index is -0.543. The number of rotatable bonds is 4. The van der Waals surface area contributed by atoms with Gasteiger partial charge in [0, 0.05) is 29.9 Å². The van der Waals surface area contributed by atoms with E-state index in [1.54, 1.807) is 32.5 Å². The molecule has 1 aliphatic heterocycles. The molecular formula is C30H28N8O3. The SMILES string of the molecule is Cc1cccc2nc(C(C)n3nc(-c4ccc(O)c5c4CC(C)(C)O5)c4c(N)ncnc43)n(-n3cccc3)c(=O)c12. The van der Waals surface area contributed by atoms with E-state index in [4.69, 9.17) is 20.6 Å². The summed E-state index contributed by atoms with van der Waals surface area (Å²) in [6, 6.07) is 12.2. The van der Waals surface area contributed by atoms with Gasteiger partial charge in [-0.2, -0.15) is 9.77 Å². The minimum absolute atomic E-state index is 0.0713. The number of nitrogen functional groups attached to an aromatic ring is 1. The van der Waals surface area contributed by atoms with Crippen molar-refractivity contribution >= 4 is 27.8 Å². The van der Waals surface area contributed by atoms with Crippen LogP contribution in [-0.2, 0) is 6.42 Å². The smallest absolute Gasteiger partial charge is 0.281 e. The molecule has 0 bridgehead atoms. The van der Waals surface area contributed by atoms with Gasteiger partial charge in [0.25, 0.3) is 5.56 Å². The first-order valence-corrected chi connectivity index (χ1v) is 13.3. The number of aromatic hydroxyl groups is 1. The zero-order valence-electron chi connectivity index (χ0n) is 23.0. The summed E-state index contributed by atoms with van der Waals surface area (Å²) in [5, 5.41) is 16.7. The third kappa shape index (κ3) is 3.69. The van der Waals surface area contributed by atoms with Crippen LogP contribution in [0.1, 0.15) is 43.8 Å². The Balaban J connectivity index is 1.50. The van der Waals surface area contributed by atoms with Gasteiger partial charge in [-0.3, -0.25) is 9.47 Å². The van der Waals surface area contributed by atoms with E-state index in [0.29, 0.717) is 45.6 Å². The predicted molar refractivity (Wildman–Crippen MR) is 155 cm³/mol.